The van der Waals surface area contributed by atoms with Crippen LogP contribution in [-0.2, 0) is 9.53 Å². The fraction of sp³-hybridized carbons (Fsp3) is 0.923. The average Bonchev–Trinajstić information content (AvgIpc) is 2.35. The van der Waals surface area contributed by atoms with Gasteiger partial charge in [0.1, 0.15) is 0 Å². The van der Waals surface area contributed by atoms with Crippen LogP contribution in [0.1, 0.15) is 45.4 Å². The van der Waals surface area contributed by atoms with Crippen LogP contribution in [0, 0.1) is 5.92 Å². The lowest BCUT2D eigenvalue weighted by Gasteiger charge is -2.26. The Morgan fingerprint density at radius 1 is 1.41 bits per heavy atom. The normalized spacial score (nSPS) is 21.1. The molecule has 0 bridgehead atoms. The van der Waals surface area contributed by atoms with E-state index in [4.69, 9.17) is 10.5 Å². The second-order valence-corrected chi connectivity index (χ2v) is 5.28. The lowest BCUT2D eigenvalue weighted by atomic mass is 9.90. The molecule has 1 unspecified atom stereocenters. The second kappa shape index (κ2) is 6.97. The largest absolute Gasteiger partial charge is 0.381 e. The van der Waals surface area contributed by atoms with Crippen molar-refractivity contribution < 1.29 is 9.53 Å². The average molecular weight is 242 g/mol. The van der Waals surface area contributed by atoms with E-state index in [2.05, 4.69) is 5.32 Å². The van der Waals surface area contributed by atoms with Crippen LogP contribution in [0.3, 0.4) is 0 Å². The number of likely N-dealkylation sites (N-methyl/N-ethyl adjacent to an activating group) is 1. The molecule has 100 valence electrons. The number of primary amides is 1. The number of carbonyl (C=O) groups is 1. The van der Waals surface area contributed by atoms with Crippen LogP contribution in [-0.4, -0.2) is 31.7 Å². The number of nitrogens with one attached hydrogen (secondary N) is 1. The first-order valence-electron chi connectivity index (χ1n) is 6.65. The molecule has 3 N–H and O–H groups in total. The third-order valence-corrected chi connectivity index (χ3v) is 3.92. The van der Waals surface area contributed by atoms with Gasteiger partial charge in [0, 0.05) is 13.2 Å². The highest BCUT2D eigenvalue weighted by Gasteiger charge is 2.28. The molecule has 1 aliphatic carbocycles. The first kappa shape index (κ1) is 14.5. The minimum atomic E-state index is -0.646. The molecule has 1 amide bonds. The molecule has 0 aromatic carbocycles. The monoisotopic (exact) mass is 242 g/mol. The number of nitrogens with two attached hydrogens (primary N) is 1. The van der Waals surface area contributed by atoms with Crippen LogP contribution in [0.5, 0.6) is 0 Å². The van der Waals surface area contributed by atoms with E-state index in [1.165, 1.54) is 32.1 Å². The number of hydrogen-bond acceptors (Lipinski definition) is 3. The maximum absolute atomic E-state index is 11.3. The van der Waals surface area contributed by atoms with Gasteiger partial charge in [-0.25, -0.2) is 0 Å². The summed E-state index contributed by atoms with van der Waals surface area (Å²) in [5.41, 5.74) is 4.70. The molecule has 0 aromatic heterocycles. The maximum Gasteiger partial charge on any atom is 0.237 e. The predicted molar refractivity (Wildman–Crippen MR) is 68.7 cm³/mol. The number of ether oxygens (including phenoxy) is 1. The van der Waals surface area contributed by atoms with Gasteiger partial charge in [-0.2, -0.15) is 0 Å². The van der Waals surface area contributed by atoms with Crippen LogP contribution in [0.25, 0.3) is 0 Å². The van der Waals surface area contributed by atoms with E-state index in [-0.39, 0.29) is 5.91 Å². The summed E-state index contributed by atoms with van der Waals surface area (Å²) < 4.78 is 5.67. The summed E-state index contributed by atoms with van der Waals surface area (Å²) in [6, 6.07) is 0. The van der Waals surface area contributed by atoms with Crippen LogP contribution < -0.4 is 11.1 Å². The summed E-state index contributed by atoms with van der Waals surface area (Å²) in [7, 11) is 1.76. The van der Waals surface area contributed by atoms with Gasteiger partial charge in [-0.3, -0.25) is 4.79 Å². The van der Waals surface area contributed by atoms with Crippen LogP contribution >= 0.6 is 0 Å². The third-order valence-electron chi connectivity index (χ3n) is 3.92. The molecule has 0 spiro atoms. The van der Waals surface area contributed by atoms with Crippen molar-refractivity contribution in [1.29, 1.82) is 0 Å². The summed E-state index contributed by atoms with van der Waals surface area (Å²) in [5, 5.41) is 2.96. The zero-order chi connectivity index (χ0) is 12.7. The van der Waals surface area contributed by atoms with Gasteiger partial charge in [-0.05, 0) is 39.2 Å². The molecule has 0 aliphatic heterocycles. The predicted octanol–water partition coefficient (Wildman–Crippen LogP) is 1.44. The van der Waals surface area contributed by atoms with Crippen LogP contribution in [0.4, 0.5) is 0 Å². The highest BCUT2D eigenvalue weighted by Crippen LogP contribution is 2.23. The third kappa shape index (κ3) is 4.64. The quantitative estimate of drug-likeness (QED) is 0.664. The highest BCUT2D eigenvalue weighted by molar-refractivity contribution is 5.84. The Hall–Kier alpha value is -0.610. The van der Waals surface area contributed by atoms with Crippen molar-refractivity contribution in [2.75, 3.05) is 20.3 Å². The molecule has 4 heteroatoms. The molecule has 1 aliphatic rings. The number of amides is 1. The topological polar surface area (TPSA) is 64.3 Å². The molecule has 4 nitrogen and oxygen atoms in total. The summed E-state index contributed by atoms with van der Waals surface area (Å²) in [5.74, 6) is 0.402. The molecule has 0 saturated heterocycles. The van der Waals surface area contributed by atoms with Gasteiger partial charge < -0.3 is 15.8 Å². The van der Waals surface area contributed by atoms with Crippen molar-refractivity contribution >= 4 is 5.91 Å². The molecular weight excluding hydrogens is 216 g/mol. The zero-order valence-corrected chi connectivity index (χ0v) is 11.1. The zero-order valence-electron chi connectivity index (χ0n) is 11.1. The highest BCUT2D eigenvalue weighted by atomic mass is 16.5. The molecule has 0 heterocycles. The fourth-order valence-corrected chi connectivity index (χ4v) is 2.25. The standard InChI is InChI=1S/C13H26N2O2/c1-13(15-2,12(14)16)8-9-17-10-11-6-4-3-5-7-11/h11,15H,3-10H2,1-2H3,(H2,14,16). The second-order valence-electron chi connectivity index (χ2n) is 5.28. The summed E-state index contributed by atoms with van der Waals surface area (Å²) >= 11 is 0. The van der Waals surface area contributed by atoms with Gasteiger partial charge in [0.2, 0.25) is 5.91 Å². The Bertz CT molecular complexity index is 240. The minimum Gasteiger partial charge on any atom is -0.381 e. The molecule has 1 atom stereocenters. The van der Waals surface area contributed by atoms with E-state index in [0.717, 1.165) is 12.5 Å². The number of carbonyl (C=O) groups excluding carboxylic acids is 1. The molecular formula is C13H26N2O2. The fourth-order valence-electron chi connectivity index (χ4n) is 2.25. The van der Waals surface area contributed by atoms with Gasteiger partial charge in [-0.1, -0.05) is 19.3 Å². The minimum absolute atomic E-state index is 0.318. The summed E-state index contributed by atoms with van der Waals surface area (Å²) in [4.78, 5) is 11.3. The first-order valence-corrected chi connectivity index (χ1v) is 6.65. The van der Waals surface area contributed by atoms with Crippen molar-refractivity contribution in [3.63, 3.8) is 0 Å². The molecule has 1 saturated carbocycles. The van der Waals surface area contributed by atoms with Crippen molar-refractivity contribution in [3.8, 4) is 0 Å². The van der Waals surface area contributed by atoms with E-state index in [9.17, 15) is 4.79 Å². The first-order chi connectivity index (χ1) is 8.08. The van der Waals surface area contributed by atoms with Crippen molar-refractivity contribution in [1.82, 2.24) is 5.32 Å². The Balaban J connectivity index is 2.16. The number of hydrogen-bond donors (Lipinski definition) is 2. The maximum atomic E-state index is 11.3. The summed E-state index contributed by atoms with van der Waals surface area (Å²) in [6.07, 6.45) is 7.26. The van der Waals surface area contributed by atoms with E-state index in [0.29, 0.717) is 13.0 Å². The van der Waals surface area contributed by atoms with Gasteiger partial charge in [-0.15, -0.1) is 0 Å². The Morgan fingerprint density at radius 3 is 2.59 bits per heavy atom. The van der Waals surface area contributed by atoms with Gasteiger partial charge in [0.05, 0.1) is 5.54 Å². The number of rotatable bonds is 7. The molecule has 1 fully saturated rings. The van der Waals surface area contributed by atoms with E-state index >= 15 is 0 Å². The van der Waals surface area contributed by atoms with Crippen molar-refractivity contribution in [2.45, 2.75) is 51.0 Å². The van der Waals surface area contributed by atoms with Gasteiger partial charge in [0.25, 0.3) is 0 Å². The Morgan fingerprint density at radius 2 is 2.06 bits per heavy atom. The van der Waals surface area contributed by atoms with Crippen molar-refractivity contribution in [2.24, 2.45) is 11.7 Å². The molecule has 0 aromatic rings. The van der Waals surface area contributed by atoms with Gasteiger partial charge >= 0.3 is 0 Å². The van der Waals surface area contributed by atoms with E-state index in [1.54, 1.807) is 7.05 Å². The van der Waals surface area contributed by atoms with Crippen molar-refractivity contribution in [3.05, 3.63) is 0 Å². The van der Waals surface area contributed by atoms with E-state index in [1.807, 2.05) is 6.92 Å². The van der Waals surface area contributed by atoms with Crippen LogP contribution in [0.15, 0.2) is 0 Å². The Labute approximate surface area is 104 Å². The lowest BCUT2D eigenvalue weighted by Crippen LogP contribution is -2.52. The lowest BCUT2D eigenvalue weighted by molar-refractivity contribution is -0.124. The Kier molecular flexibility index (Phi) is 5.92. The SMILES string of the molecule is CNC(C)(CCOCC1CCCCC1)C(N)=O. The smallest absolute Gasteiger partial charge is 0.237 e. The van der Waals surface area contributed by atoms with Crippen LogP contribution in [0.2, 0.25) is 0 Å². The molecule has 17 heavy (non-hydrogen) atoms. The molecule has 0 radical (unpaired) electrons. The van der Waals surface area contributed by atoms with E-state index < -0.39 is 5.54 Å². The summed E-state index contributed by atoms with van der Waals surface area (Å²) in [6.45, 7) is 3.24. The van der Waals surface area contributed by atoms with Gasteiger partial charge in [0.15, 0.2) is 0 Å². The molecule has 1 rings (SSSR count).